The Morgan fingerprint density at radius 2 is 1.43 bits per heavy atom. The van der Waals surface area contributed by atoms with E-state index < -0.39 is 41.9 Å². The van der Waals surface area contributed by atoms with E-state index in [1.54, 1.807) is 24.3 Å². The largest absolute Gasteiger partial charge is 0.292 e. The van der Waals surface area contributed by atoms with Crippen LogP contribution in [0.4, 0.5) is 0 Å². The number of halogens is 5. The molecule has 0 spiro atoms. The van der Waals surface area contributed by atoms with E-state index in [1.165, 1.54) is 18.2 Å². The summed E-state index contributed by atoms with van der Waals surface area (Å²) in [4.78, 5) is 54.1. The van der Waals surface area contributed by atoms with E-state index in [0.29, 0.717) is 5.56 Å². The summed E-state index contributed by atoms with van der Waals surface area (Å²) in [6, 6.07) is 10.9. The van der Waals surface area contributed by atoms with Crippen LogP contribution in [0.1, 0.15) is 27.1 Å². The Balaban J connectivity index is 1.52. The van der Waals surface area contributed by atoms with Crippen molar-refractivity contribution in [3.05, 3.63) is 68.1 Å². The molecular formula is C24H17Br3Cl2N2O4. The minimum Gasteiger partial charge on any atom is -0.292 e. The molecule has 3 amide bonds. The lowest BCUT2D eigenvalue weighted by Crippen LogP contribution is -2.52. The molecule has 5 rings (SSSR count). The molecule has 35 heavy (non-hydrogen) atoms. The van der Waals surface area contributed by atoms with E-state index in [4.69, 9.17) is 23.2 Å². The Bertz CT molecular complexity index is 1230. The summed E-state index contributed by atoms with van der Waals surface area (Å²) in [7, 11) is 0. The molecule has 2 bridgehead atoms. The highest BCUT2D eigenvalue weighted by molar-refractivity contribution is 9.12. The van der Waals surface area contributed by atoms with E-state index in [2.05, 4.69) is 47.8 Å². The van der Waals surface area contributed by atoms with Crippen molar-refractivity contribution in [3.8, 4) is 0 Å². The number of hydrazine groups is 1. The molecule has 182 valence electrons. The number of alkyl halides is 2. The zero-order valence-electron chi connectivity index (χ0n) is 17.8. The highest BCUT2D eigenvalue weighted by Crippen LogP contribution is 2.60. The fourth-order valence-corrected chi connectivity index (χ4v) is 7.88. The maximum Gasteiger partial charge on any atom is 0.273 e. The Morgan fingerprint density at radius 1 is 0.886 bits per heavy atom. The molecule has 6 nitrogen and oxygen atoms in total. The molecule has 0 radical (unpaired) electrons. The molecular weight excluding hydrogens is 691 g/mol. The van der Waals surface area contributed by atoms with Crippen LogP contribution in [0.5, 0.6) is 0 Å². The molecule has 11 heteroatoms. The standard InChI is InChI=1S/C24H17Br3Cl2N2O4/c25-12-4-1-10(2-5-12)17(32)9-30(22(33)11-3-6-15(28)16(29)7-11)31-23(34)18-13-8-14(19(18)24(31)35)21(27)20(13)26/h1-7,13-14,18-21H,8-9H2/t13-,14-,18-,19-,20-,21+/m1/s1. The van der Waals surface area contributed by atoms with E-state index >= 15 is 0 Å². The molecule has 2 aromatic carbocycles. The van der Waals surface area contributed by atoms with Gasteiger partial charge in [-0.3, -0.25) is 19.2 Å². The molecule has 0 N–H and O–H groups in total. The van der Waals surface area contributed by atoms with Crippen LogP contribution in [0.25, 0.3) is 0 Å². The predicted octanol–water partition coefficient (Wildman–Crippen LogP) is 5.77. The highest BCUT2D eigenvalue weighted by Gasteiger charge is 2.67. The molecule has 6 atom stereocenters. The summed E-state index contributed by atoms with van der Waals surface area (Å²) >= 11 is 22.8. The Kier molecular flexibility index (Phi) is 6.94. The second kappa shape index (κ2) is 9.56. The van der Waals surface area contributed by atoms with Gasteiger partial charge < -0.3 is 0 Å². The Morgan fingerprint density at radius 3 is 1.97 bits per heavy atom. The van der Waals surface area contributed by atoms with Crippen LogP contribution in [0.15, 0.2) is 46.9 Å². The maximum absolute atomic E-state index is 13.6. The van der Waals surface area contributed by atoms with Crippen molar-refractivity contribution in [2.24, 2.45) is 23.7 Å². The minimum absolute atomic E-state index is 0.0278. The summed E-state index contributed by atoms with van der Waals surface area (Å²) < 4.78 is 0.791. The third-order valence-corrected chi connectivity index (χ3v) is 11.5. The number of fused-ring (bicyclic) bond motifs is 5. The van der Waals surface area contributed by atoms with Gasteiger partial charge in [-0.15, -0.1) is 0 Å². The fourth-order valence-electron chi connectivity index (χ4n) is 5.45. The molecule has 1 saturated heterocycles. The lowest BCUT2D eigenvalue weighted by molar-refractivity contribution is -0.154. The van der Waals surface area contributed by atoms with Gasteiger partial charge in [0.1, 0.15) is 6.54 Å². The number of hydrogen-bond acceptors (Lipinski definition) is 4. The number of amides is 3. The highest BCUT2D eigenvalue weighted by atomic mass is 79.9. The summed E-state index contributed by atoms with van der Waals surface area (Å²) in [5, 5.41) is 2.25. The number of imide groups is 1. The number of Topliss-reactive ketones (excluding diaryl/α,β-unsaturated/α-hetero) is 1. The number of nitrogens with zero attached hydrogens (tertiary/aromatic N) is 2. The normalized spacial score (nSPS) is 29.0. The van der Waals surface area contributed by atoms with Gasteiger partial charge in [0.25, 0.3) is 17.7 Å². The van der Waals surface area contributed by atoms with Gasteiger partial charge in [-0.2, -0.15) is 5.01 Å². The number of hydrogen-bond donors (Lipinski definition) is 0. The molecule has 2 aliphatic carbocycles. The predicted molar refractivity (Wildman–Crippen MR) is 142 cm³/mol. The lowest BCUT2D eigenvalue weighted by Gasteiger charge is -2.31. The average Bonchev–Trinajstić information content (AvgIpc) is 3.44. The SMILES string of the molecule is O=C(CN(C(=O)c1ccc(Cl)c(Cl)c1)N1C(=O)[C@@H]2[C@H]3C[C@@H]([C@@H](Br)[C@H]3Br)[C@H]2C1=O)c1ccc(Br)cc1. The van der Waals surface area contributed by atoms with E-state index in [1.807, 2.05) is 0 Å². The van der Waals surface area contributed by atoms with Crippen LogP contribution in [0, 0.1) is 23.7 Å². The fraction of sp³-hybridized carbons (Fsp3) is 0.333. The van der Waals surface area contributed by atoms with Gasteiger partial charge in [0.15, 0.2) is 5.78 Å². The first-order valence-corrected chi connectivity index (χ1v) is 14.2. The zero-order chi connectivity index (χ0) is 25.2. The van der Waals surface area contributed by atoms with Crippen molar-refractivity contribution in [1.82, 2.24) is 10.0 Å². The molecule has 0 aromatic heterocycles. The molecule has 2 aromatic rings. The summed E-state index contributed by atoms with van der Waals surface area (Å²) in [6.07, 6.45) is 0.755. The average molecular weight is 708 g/mol. The minimum atomic E-state index is -0.686. The topological polar surface area (TPSA) is 74.8 Å². The van der Waals surface area contributed by atoms with Gasteiger partial charge in [0.2, 0.25) is 0 Å². The van der Waals surface area contributed by atoms with Crippen LogP contribution >= 0.6 is 71.0 Å². The second-order valence-corrected chi connectivity index (χ2v) is 12.8. The van der Waals surface area contributed by atoms with Crippen molar-refractivity contribution in [1.29, 1.82) is 0 Å². The summed E-state index contributed by atoms with van der Waals surface area (Å²) in [5.74, 6) is -3.12. The number of rotatable bonds is 5. The van der Waals surface area contributed by atoms with Crippen molar-refractivity contribution < 1.29 is 19.2 Å². The van der Waals surface area contributed by atoms with Crippen LogP contribution in [-0.2, 0) is 9.59 Å². The van der Waals surface area contributed by atoms with Gasteiger partial charge in [0, 0.05) is 25.3 Å². The van der Waals surface area contributed by atoms with E-state index in [9.17, 15) is 19.2 Å². The summed E-state index contributed by atoms with van der Waals surface area (Å²) in [5.41, 5.74) is 0.459. The molecule has 3 fully saturated rings. The van der Waals surface area contributed by atoms with Crippen LogP contribution < -0.4 is 0 Å². The monoisotopic (exact) mass is 704 g/mol. The third-order valence-electron chi connectivity index (χ3n) is 7.07. The van der Waals surface area contributed by atoms with Crippen molar-refractivity contribution in [3.63, 3.8) is 0 Å². The van der Waals surface area contributed by atoms with Crippen molar-refractivity contribution in [2.45, 2.75) is 16.1 Å². The molecule has 1 heterocycles. The molecule has 1 aliphatic heterocycles. The second-order valence-electron chi connectivity index (χ2n) is 8.91. The Labute approximate surface area is 236 Å². The van der Waals surface area contributed by atoms with Crippen LogP contribution in [0.2, 0.25) is 10.0 Å². The first-order valence-electron chi connectivity index (χ1n) is 10.8. The smallest absolute Gasteiger partial charge is 0.273 e. The quantitative estimate of drug-likeness (QED) is 0.225. The zero-order valence-corrected chi connectivity index (χ0v) is 24.1. The third kappa shape index (κ3) is 4.21. The van der Waals surface area contributed by atoms with Crippen molar-refractivity contribution >= 4 is 94.5 Å². The van der Waals surface area contributed by atoms with Crippen LogP contribution in [-0.4, -0.2) is 49.7 Å². The molecule has 0 unspecified atom stereocenters. The van der Waals surface area contributed by atoms with Crippen LogP contribution in [0.3, 0.4) is 0 Å². The van der Waals surface area contributed by atoms with E-state index in [-0.39, 0.29) is 37.1 Å². The first-order chi connectivity index (χ1) is 16.6. The number of benzene rings is 2. The van der Waals surface area contributed by atoms with E-state index in [0.717, 1.165) is 20.9 Å². The summed E-state index contributed by atoms with van der Waals surface area (Å²) in [6.45, 7) is -0.484. The maximum atomic E-state index is 13.6. The van der Waals surface area contributed by atoms with Gasteiger partial charge >= 0.3 is 0 Å². The lowest BCUT2D eigenvalue weighted by atomic mass is 9.81. The van der Waals surface area contributed by atoms with Gasteiger partial charge in [-0.05, 0) is 48.6 Å². The van der Waals surface area contributed by atoms with Gasteiger partial charge in [-0.25, -0.2) is 5.01 Å². The van der Waals surface area contributed by atoms with Gasteiger partial charge in [0.05, 0.1) is 21.9 Å². The first kappa shape index (κ1) is 25.4. The number of ketones is 1. The van der Waals surface area contributed by atoms with Crippen molar-refractivity contribution in [2.75, 3.05) is 6.54 Å². The van der Waals surface area contributed by atoms with Gasteiger partial charge in [-0.1, -0.05) is 83.1 Å². The Hall–Kier alpha value is -1.26. The number of carbonyl (C=O) groups is 4. The molecule has 2 saturated carbocycles. The number of carbonyl (C=O) groups excluding carboxylic acids is 4. The molecule has 3 aliphatic rings.